The van der Waals surface area contributed by atoms with Gasteiger partial charge in [-0.05, 0) is 25.5 Å². The molecule has 2 aromatic heterocycles. The van der Waals surface area contributed by atoms with E-state index in [1.807, 2.05) is 19.9 Å². The Bertz CT molecular complexity index is 1120. The monoisotopic (exact) mass is 427 g/mol. The van der Waals surface area contributed by atoms with Crippen LogP contribution in [0.2, 0.25) is 0 Å². The molecule has 30 heavy (non-hydrogen) atoms. The summed E-state index contributed by atoms with van der Waals surface area (Å²) in [5.41, 5.74) is 3.11. The van der Waals surface area contributed by atoms with Gasteiger partial charge in [-0.25, -0.2) is 0 Å². The van der Waals surface area contributed by atoms with Crippen LogP contribution >= 0.6 is 9.24 Å². The summed E-state index contributed by atoms with van der Waals surface area (Å²) >= 11 is 0. The van der Waals surface area contributed by atoms with E-state index in [4.69, 9.17) is 4.52 Å². The highest BCUT2D eigenvalue weighted by molar-refractivity contribution is 7.27. The number of rotatable bonds is 5. The lowest BCUT2D eigenvalue weighted by molar-refractivity contribution is -0.116. The van der Waals surface area contributed by atoms with Gasteiger partial charge in [-0.1, -0.05) is 17.3 Å². The fraction of sp³-hybridized carbons (Fsp3) is 0.250. The van der Waals surface area contributed by atoms with Gasteiger partial charge in [0.1, 0.15) is 17.8 Å². The summed E-state index contributed by atoms with van der Waals surface area (Å²) < 4.78 is 6.89. The number of aryl methyl sites for hydroxylation is 2. The summed E-state index contributed by atoms with van der Waals surface area (Å²) in [6, 6.07) is 5.30. The molecule has 3 aromatic rings. The van der Waals surface area contributed by atoms with Crippen LogP contribution < -0.4 is 10.2 Å². The van der Waals surface area contributed by atoms with Gasteiger partial charge in [0.15, 0.2) is 5.82 Å². The van der Waals surface area contributed by atoms with Gasteiger partial charge in [0, 0.05) is 23.6 Å². The zero-order chi connectivity index (χ0) is 21.4. The molecule has 0 radical (unpaired) electrons. The van der Waals surface area contributed by atoms with Crippen LogP contribution in [-0.2, 0) is 17.9 Å². The second-order valence-corrected chi connectivity index (χ2v) is 7.79. The summed E-state index contributed by atoms with van der Waals surface area (Å²) in [7, 11) is 2.46. The van der Waals surface area contributed by atoms with Crippen LogP contribution in [-0.4, -0.2) is 42.5 Å². The molecule has 0 aliphatic carbocycles. The molecular weight excluding hydrogens is 405 g/mol. The number of carbonyl (C=O) groups is 1. The number of benzene rings is 1. The van der Waals surface area contributed by atoms with Crippen molar-refractivity contribution in [3.8, 4) is 5.75 Å². The first-order valence-corrected chi connectivity index (χ1v) is 9.89. The van der Waals surface area contributed by atoms with Crippen molar-refractivity contribution in [1.29, 1.82) is 0 Å². The minimum Gasteiger partial charge on any atom is -0.512 e. The smallest absolute Gasteiger partial charge is 0.252 e. The van der Waals surface area contributed by atoms with Gasteiger partial charge in [-0.3, -0.25) is 14.4 Å². The number of nitrogens with zero attached hydrogens (tertiary/aromatic N) is 5. The van der Waals surface area contributed by atoms with E-state index in [2.05, 4.69) is 19.5 Å². The van der Waals surface area contributed by atoms with Crippen molar-refractivity contribution in [2.75, 3.05) is 11.4 Å². The van der Waals surface area contributed by atoms with Gasteiger partial charge < -0.3 is 19.6 Å². The van der Waals surface area contributed by atoms with Crippen molar-refractivity contribution < 1.29 is 19.5 Å². The third-order valence-electron chi connectivity index (χ3n) is 5.09. The number of aromatic nitrogens is 3. The van der Waals surface area contributed by atoms with Crippen LogP contribution in [0.3, 0.4) is 0 Å². The van der Waals surface area contributed by atoms with E-state index in [1.165, 1.54) is 4.90 Å². The first-order chi connectivity index (χ1) is 14.4. The lowest BCUT2D eigenvalue weighted by Crippen LogP contribution is -2.24. The van der Waals surface area contributed by atoms with E-state index in [0.29, 0.717) is 29.9 Å². The maximum atomic E-state index is 12.7. The molecule has 1 aromatic carbocycles. The average molecular weight is 427 g/mol. The molecule has 1 aliphatic rings. The minimum absolute atomic E-state index is 0.102. The number of aliphatic hydroxyl groups excluding tert-OH is 1. The highest BCUT2D eigenvalue weighted by atomic mass is 31.0. The fourth-order valence-electron chi connectivity index (χ4n) is 3.49. The van der Waals surface area contributed by atoms with E-state index >= 15 is 0 Å². The molecule has 10 heteroatoms. The Morgan fingerprint density at radius 1 is 1.30 bits per heavy atom. The average Bonchev–Trinajstić information content (AvgIpc) is 3.38. The van der Waals surface area contributed by atoms with Crippen LogP contribution in [0, 0.1) is 13.8 Å². The lowest BCUT2D eigenvalue weighted by atomic mass is 10.2. The van der Waals surface area contributed by atoms with E-state index in [-0.39, 0.29) is 18.2 Å². The molecule has 1 atom stereocenters. The lowest BCUT2D eigenvalue weighted by Gasteiger charge is -2.21. The van der Waals surface area contributed by atoms with Crippen LogP contribution in [0.15, 0.2) is 47.2 Å². The normalized spacial score (nSPS) is 15.6. The van der Waals surface area contributed by atoms with Gasteiger partial charge in [0.05, 0.1) is 30.7 Å². The summed E-state index contributed by atoms with van der Waals surface area (Å²) in [4.78, 5) is 15.9. The first kappa shape index (κ1) is 20.0. The molecule has 3 heterocycles. The second kappa shape index (κ2) is 7.84. The van der Waals surface area contributed by atoms with Crippen molar-refractivity contribution >= 4 is 26.1 Å². The Kier molecular flexibility index (Phi) is 5.22. The predicted molar refractivity (Wildman–Crippen MR) is 113 cm³/mol. The number of phenols is 1. The molecule has 1 fully saturated rings. The molecule has 4 rings (SSSR count). The summed E-state index contributed by atoms with van der Waals surface area (Å²) in [6.07, 6.45) is 4.24. The maximum Gasteiger partial charge on any atom is 0.252 e. The molecule has 0 bridgehead atoms. The van der Waals surface area contributed by atoms with Crippen molar-refractivity contribution in [2.45, 2.75) is 26.9 Å². The summed E-state index contributed by atoms with van der Waals surface area (Å²) in [5.74, 6) is 1.06. The molecule has 1 unspecified atom stereocenters. The van der Waals surface area contributed by atoms with Gasteiger partial charge in [0.2, 0.25) is 0 Å². The topological polar surface area (TPSA) is 108 Å². The molecule has 1 amide bonds. The Morgan fingerprint density at radius 3 is 2.77 bits per heavy atom. The summed E-state index contributed by atoms with van der Waals surface area (Å²) in [5, 5.41) is 28.8. The second-order valence-electron chi connectivity index (χ2n) is 7.16. The Hall–Kier alpha value is -3.32. The van der Waals surface area contributed by atoms with E-state index in [9.17, 15) is 15.0 Å². The summed E-state index contributed by atoms with van der Waals surface area (Å²) in [6.45, 7) is 4.64. The van der Waals surface area contributed by atoms with Crippen LogP contribution in [0.1, 0.15) is 22.6 Å². The largest absolute Gasteiger partial charge is 0.512 e. The van der Waals surface area contributed by atoms with E-state index in [1.54, 1.807) is 34.1 Å². The SMILES string of the molecule is Cc1noc(C)c1Cn1cc(N2C(=O)CN(Cc3ccc(P)c(O)c3)/C2=C\O)cn1. The van der Waals surface area contributed by atoms with Gasteiger partial charge >= 0.3 is 0 Å². The zero-order valence-corrected chi connectivity index (χ0v) is 17.8. The van der Waals surface area contributed by atoms with Crippen molar-refractivity contribution in [3.63, 3.8) is 0 Å². The molecule has 1 saturated heterocycles. The van der Waals surface area contributed by atoms with E-state index in [0.717, 1.165) is 28.8 Å². The van der Waals surface area contributed by atoms with Crippen LogP contribution in [0.4, 0.5) is 5.69 Å². The maximum absolute atomic E-state index is 12.7. The first-order valence-electron chi connectivity index (χ1n) is 9.31. The highest BCUT2D eigenvalue weighted by Gasteiger charge is 2.35. The zero-order valence-electron chi connectivity index (χ0n) is 16.6. The Morgan fingerprint density at radius 2 is 2.10 bits per heavy atom. The highest BCUT2D eigenvalue weighted by Crippen LogP contribution is 2.29. The van der Waals surface area contributed by atoms with Gasteiger partial charge in [-0.2, -0.15) is 5.10 Å². The number of hydrogen-bond donors (Lipinski definition) is 2. The third kappa shape index (κ3) is 3.64. The number of aliphatic hydroxyl groups is 1. The van der Waals surface area contributed by atoms with E-state index < -0.39 is 0 Å². The van der Waals surface area contributed by atoms with Gasteiger partial charge in [-0.15, -0.1) is 9.24 Å². The van der Waals surface area contributed by atoms with Gasteiger partial charge in [0.25, 0.3) is 5.91 Å². The Labute approximate surface area is 175 Å². The number of phenolic OH excluding ortho intramolecular Hbond substituents is 1. The number of amides is 1. The molecule has 2 N–H and O–H groups in total. The van der Waals surface area contributed by atoms with Crippen LogP contribution in [0.25, 0.3) is 0 Å². The molecule has 9 nitrogen and oxygen atoms in total. The molecular formula is C20H22N5O4P. The fourth-order valence-corrected chi connectivity index (χ4v) is 3.67. The Balaban J connectivity index is 1.55. The number of hydrogen-bond acceptors (Lipinski definition) is 7. The van der Waals surface area contributed by atoms with Crippen molar-refractivity contribution in [2.24, 2.45) is 0 Å². The third-order valence-corrected chi connectivity index (χ3v) is 5.58. The number of carbonyl (C=O) groups excluding carboxylic acids is 1. The predicted octanol–water partition coefficient (Wildman–Crippen LogP) is 1.95. The van der Waals surface area contributed by atoms with Crippen molar-refractivity contribution in [1.82, 2.24) is 19.8 Å². The molecule has 0 saturated carbocycles. The standard InChI is InChI=1S/C20H22N5O4P/c1-12-16(13(2)29-22-12)9-24-8-15(6-21-24)25-19(11-26)23(10-20(25)28)7-14-3-4-18(30)17(27)5-14/h3-6,8,11,26-27H,7,9-10,30H2,1-2H3/b19-11+. The number of aromatic hydroxyl groups is 1. The minimum atomic E-state index is -0.181. The molecule has 1 aliphatic heterocycles. The molecule has 0 spiro atoms. The van der Waals surface area contributed by atoms with Crippen molar-refractivity contribution in [3.05, 3.63) is 65.3 Å². The quantitative estimate of drug-likeness (QED) is 0.473. The number of anilines is 1. The molecule has 156 valence electrons. The van der Waals surface area contributed by atoms with Crippen LogP contribution in [0.5, 0.6) is 5.75 Å².